The highest BCUT2D eigenvalue weighted by Gasteiger charge is 2.31. The predicted molar refractivity (Wildman–Crippen MR) is 134 cm³/mol. The van der Waals surface area contributed by atoms with Crippen molar-refractivity contribution in [2.24, 2.45) is 5.92 Å². The molecule has 1 aliphatic carbocycles. The van der Waals surface area contributed by atoms with E-state index in [0.29, 0.717) is 5.76 Å². The standard InChI is InChI=1S/C26H28ClN5O4/c1-28-25(35)22(17-7-3-2-4-8-17)32-24(34)21-11-10-20(36-21)18-9-5-6-16(14-18)15-30-23(33)19-12-13-29-26(27)31-19/h5-6,9-14,17,22H,2-4,7-8,15H2,1H3,(H,28,35)(H,30,33)(H,32,34)/t22-/m1/s1. The third kappa shape index (κ3) is 6.28. The molecule has 9 nitrogen and oxygen atoms in total. The molecule has 2 aromatic heterocycles. The van der Waals surface area contributed by atoms with Crippen LogP contribution in [0.2, 0.25) is 5.28 Å². The fourth-order valence-electron chi connectivity index (χ4n) is 4.42. The van der Waals surface area contributed by atoms with Gasteiger partial charge in [-0.05, 0) is 60.2 Å². The topological polar surface area (TPSA) is 126 Å². The van der Waals surface area contributed by atoms with Gasteiger partial charge < -0.3 is 20.4 Å². The van der Waals surface area contributed by atoms with Gasteiger partial charge in [0.05, 0.1) is 0 Å². The Morgan fingerprint density at radius 3 is 2.64 bits per heavy atom. The van der Waals surface area contributed by atoms with E-state index in [1.807, 2.05) is 24.3 Å². The summed E-state index contributed by atoms with van der Waals surface area (Å²) in [6, 6.07) is 11.6. The molecule has 0 spiro atoms. The van der Waals surface area contributed by atoms with Crippen LogP contribution >= 0.6 is 11.6 Å². The van der Waals surface area contributed by atoms with Gasteiger partial charge in [0.15, 0.2) is 5.76 Å². The molecule has 3 aromatic rings. The number of furan rings is 1. The van der Waals surface area contributed by atoms with Crippen LogP contribution in [-0.2, 0) is 11.3 Å². The monoisotopic (exact) mass is 509 g/mol. The van der Waals surface area contributed by atoms with E-state index in [9.17, 15) is 14.4 Å². The Labute approximate surface area is 214 Å². The van der Waals surface area contributed by atoms with Crippen LogP contribution in [-0.4, -0.2) is 40.8 Å². The van der Waals surface area contributed by atoms with E-state index >= 15 is 0 Å². The van der Waals surface area contributed by atoms with Gasteiger partial charge in [-0.25, -0.2) is 9.97 Å². The lowest BCUT2D eigenvalue weighted by atomic mass is 9.83. The molecule has 0 aliphatic heterocycles. The average molecular weight is 510 g/mol. The summed E-state index contributed by atoms with van der Waals surface area (Å²) in [4.78, 5) is 45.4. The number of nitrogens with zero attached hydrogens (tertiary/aromatic N) is 2. The zero-order valence-electron chi connectivity index (χ0n) is 19.9. The number of likely N-dealkylation sites (N-methyl/N-ethyl adjacent to an activating group) is 1. The number of rotatable bonds is 8. The molecule has 4 rings (SSSR count). The quantitative estimate of drug-likeness (QED) is 0.397. The number of halogens is 1. The van der Waals surface area contributed by atoms with Crippen LogP contribution in [0.5, 0.6) is 0 Å². The van der Waals surface area contributed by atoms with E-state index < -0.39 is 11.9 Å². The Morgan fingerprint density at radius 1 is 1.08 bits per heavy atom. The van der Waals surface area contributed by atoms with Crippen molar-refractivity contribution in [3.8, 4) is 11.3 Å². The molecule has 0 radical (unpaired) electrons. The number of hydrogen-bond acceptors (Lipinski definition) is 6. The normalized spacial score (nSPS) is 14.6. The Bertz CT molecular complexity index is 1240. The zero-order chi connectivity index (χ0) is 25.5. The highest BCUT2D eigenvalue weighted by molar-refractivity contribution is 6.28. The summed E-state index contributed by atoms with van der Waals surface area (Å²) in [5, 5.41) is 8.33. The largest absolute Gasteiger partial charge is 0.451 e. The Morgan fingerprint density at radius 2 is 1.89 bits per heavy atom. The predicted octanol–water partition coefficient (Wildman–Crippen LogP) is 3.74. The van der Waals surface area contributed by atoms with Crippen molar-refractivity contribution in [2.45, 2.75) is 44.7 Å². The van der Waals surface area contributed by atoms with Crippen LogP contribution in [0.4, 0.5) is 0 Å². The van der Waals surface area contributed by atoms with Crippen molar-refractivity contribution in [1.82, 2.24) is 25.9 Å². The number of hydrogen-bond donors (Lipinski definition) is 3. The van der Waals surface area contributed by atoms with E-state index in [-0.39, 0.29) is 41.0 Å². The highest BCUT2D eigenvalue weighted by Crippen LogP contribution is 2.28. The maximum atomic E-state index is 12.9. The van der Waals surface area contributed by atoms with E-state index in [1.54, 1.807) is 19.2 Å². The molecule has 10 heteroatoms. The number of aromatic nitrogens is 2. The number of amides is 3. The highest BCUT2D eigenvalue weighted by atomic mass is 35.5. The van der Waals surface area contributed by atoms with Gasteiger partial charge in [-0.15, -0.1) is 0 Å². The van der Waals surface area contributed by atoms with Crippen LogP contribution < -0.4 is 16.0 Å². The lowest BCUT2D eigenvalue weighted by Crippen LogP contribution is -2.50. The maximum absolute atomic E-state index is 12.9. The summed E-state index contributed by atoms with van der Waals surface area (Å²) >= 11 is 5.75. The van der Waals surface area contributed by atoms with Crippen molar-refractivity contribution in [2.75, 3.05) is 7.05 Å². The summed E-state index contributed by atoms with van der Waals surface area (Å²) in [6.45, 7) is 0.261. The molecule has 0 unspecified atom stereocenters. The first kappa shape index (κ1) is 25.4. The third-order valence-electron chi connectivity index (χ3n) is 6.29. The van der Waals surface area contributed by atoms with Gasteiger partial charge in [0, 0.05) is 25.4 Å². The number of nitrogens with one attached hydrogen (secondary N) is 3. The molecule has 1 aromatic carbocycles. The average Bonchev–Trinajstić information content (AvgIpc) is 3.41. The van der Waals surface area contributed by atoms with Gasteiger partial charge >= 0.3 is 0 Å². The molecule has 0 bridgehead atoms. The molecule has 2 heterocycles. The summed E-state index contributed by atoms with van der Waals surface area (Å²) < 4.78 is 5.83. The first-order valence-corrected chi connectivity index (χ1v) is 12.3. The first-order chi connectivity index (χ1) is 17.4. The molecule has 1 atom stereocenters. The molecule has 3 N–H and O–H groups in total. The molecular formula is C26H28ClN5O4. The van der Waals surface area contributed by atoms with Gasteiger partial charge in [-0.3, -0.25) is 14.4 Å². The van der Waals surface area contributed by atoms with E-state index in [2.05, 4.69) is 25.9 Å². The Hall–Kier alpha value is -3.72. The SMILES string of the molecule is CNC(=O)[C@H](NC(=O)c1ccc(-c2cccc(CNC(=O)c3ccnc(Cl)n3)c2)o1)C1CCCCC1. The Kier molecular flexibility index (Phi) is 8.32. The minimum atomic E-state index is -0.590. The van der Waals surface area contributed by atoms with Gasteiger partial charge in [0.2, 0.25) is 11.2 Å². The minimum Gasteiger partial charge on any atom is -0.451 e. The van der Waals surface area contributed by atoms with E-state index in [1.165, 1.54) is 12.3 Å². The summed E-state index contributed by atoms with van der Waals surface area (Å²) in [5.74, 6) is -0.236. The van der Waals surface area contributed by atoms with Crippen LogP contribution in [0.25, 0.3) is 11.3 Å². The lowest BCUT2D eigenvalue weighted by molar-refractivity contribution is -0.124. The van der Waals surface area contributed by atoms with Crippen LogP contribution in [0.15, 0.2) is 53.1 Å². The molecule has 188 valence electrons. The molecule has 36 heavy (non-hydrogen) atoms. The second-order valence-electron chi connectivity index (χ2n) is 8.72. The van der Waals surface area contributed by atoms with Crippen molar-refractivity contribution in [1.29, 1.82) is 0 Å². The van der Waals surface area contributed by atoms with Crippen LogP contribution in [0.1, 0.15) is 58.7 Å². The zero-order valence-corrected chi connectivity index (χ0v) is 20.7. The maximum Gasteiger partial charge on any atom is 0.287 e. The van der Waals surface area contributed by atoms with Gasteiger partial charge in [-0.2, -0.15) is 0 Å². The Balaban J connectivity index is 1.41. The van der Waals surface area contributed by atoms with Crippen LogP contribution in [0, 0.1) is 5.92 Å². The second-order valence-corrected chi connectivity index (χ2v) is 9.06. The first-order valence-electron chi connectivity index (χ1n) is 11.9. The van der Waals surface area contributed by atoms with Crippen molar-refractivity contribution >= 4 is 29.3 Å². The molecular weight excluding hydrogens is 482 g/mol. The lowest BCUT2D eigenvalue weighted by Gasteiger charge is -2.29. The smallest absolute Gasteiger partial charge is 0.287 e. The minimum absolute atomic E-state index is 0.00249. The van der Waals surface area contributed by atoms with Gasteiger partial charge in [-0.1, -0.05) is 37.5 Å². The summed E-state index contributed by atoms with van der Waals surface area (Å²) in [7, 11) is 1.58. The fraction of sp³-hybridized carbons (Fsp3) is 0.346. The third-order valence-corrected chi connectivity index (χ3v) is 6.47. The van der Waals surface area contributed by atoms with Crippen molar-refractivity contribution in [3.05, 3.63) is 71.0 Å². The molecule has 1 saturated carbocycles. The summed E-state index contributed by atoms with van der Waals surface area (Å²) in [6.07, 6.45) is 6.52. The van der Waals surface area contributed by atoms with Crippen molar-refractivity contribution in [3.63, 3.8) is 0 Å². The molecule has 0 saturated heterocycles. The molecule has 1 aliphatic rings. The molecule has 1 fully saturated rings. The van der Waals surface area contributed by atoms with Crippen molar-refractivity contribution < 1.29 is 18.8 Å². The second kappa shape index (κ2) is 11.8. The number of carbonyl (C=O) groups excluding carboxylic acids is 3. The summed E-state index contributed by atoms with van der Waals surface area (Å²) in [5.41, 5.74) is 1.76. The van der Waals surface area contributed by atoms with E-state index in [0.717, 1.165) is 43.2 Å². The number of benzene rings is 1. The van der Waals surface area contributed by atoms with Crippen LogP contribution in [0.3, 0.4) is 0 Å². The van der Waals surface area contributed by atoms with E-state index in [4.69, 9.17) is 16.0 Å². The molecule has 3 amide bonds. The number of carbonyl (C=O) groups is 3. The van der Waals surface area contributed by atoms with Gasteiger partial charge in [0.25, 0.3) is 11.8 Å². The fourth-order valence-corrected chi connectivity index (χ4v) is 4.56. The van der Waals surface area contributed by atoms with Gasteiger partial charge in [0.1, 0.15) is 17.5 Å².